The topological polar surface area (TPSA) is 62.1 Å². The zero-order chi connectivity index (χ0) is 22.4. The van der Waals surface area contributed by atoms with Crippen LogP contribution in [0.5, 0.6) is 11.5 Å². The van der Waals surface area contributed by atoms with Gasteiger partial charge in [-0.05, 0) is 38.1 Å². The lowest BCUT2D eigenvalue weighted by Gasteiger charge is -2.13. The molecule has 2 aromatic carbocycles. The molecule has 5 aromatic rings. The van der Waals surface area contributed by atoms with Gasteiger partial charge in [0.05, 0.1) is 5.69 Å². The molecule has 1 aliphatic rings. The van der Waals surface area contributed by atoms with Gasteiger partial charge in [-0.15, -0.1) is 32.9 Å². The Morgan fingerprint density at radius 2 is 1.91 bits per heavy atom. The number of benzene rings is 2. The van der Waals surface area contributed by atoms with Crippen molar-refractivity contribution in [1.82, 2.24) is 19.7 Å². The maximum Gasteiger partial charge on any atom is 0.231 e. The highest BCUT2D eigenvalue weighted by molar-refractivity contribution is 7.98. The number of aromatic nitrogens is 4. The summed E-state index contributed by atoms with van der Waals surface area (Å²) in [4.78, 5) is 4.84. The second kappa shape index (κ2) is 8.48. The molecule has 6 rings (SSSR count). The molecule has 9 heteroatoms. The summed E-state index contributed by atoms with van der Waals surface area (Å²) < 4.78 is 14.4. The molecule has 0 amide bonds. The number of hydrogen-bond acceptors (Lipinski definition) is 8. The van der Waals surface area contributed by atoms with E-state index in [2.05, 4.69) is 63.6 Å². The quantitative estimate of drug-likeness (QED) is 0.241. The summed E-state index contributed by atoms with van der Waals surface area (Å²) in [5, 5.41) is 16.5. The van der Waals surface area contributed by atoms with Crippen molar-refractivity contribution in [1.29, 1.82) is 0 Å². The average molecular weight is 493 g/mol. The van der Waals surface area contributed by atoms with Crippen LogP contribution in [0.25, 0.3) is 32.0 Å². The first kappa shape index (κ1) is 20.7. The SMILES string of the molecule is CC(C)n1c(SCc2csc(-c3ccc4c(c3)OCO4)n2)nnc1-c1csc2ccccc12. The first-order valence-corrected chi connectivity index (χ1v) is 13.3. The van der Waals surface area contributed by atoms with Crippen molar-refractivity contribution in [2.75, 3.05) is 6.79 Å². The first-order chi connectivity index (χ1) is 16.2. The van der Waals surface area contributed by atoms with Crippen LogP contribution in [-0.4, -0.2) is 26.5 Å². The molecule has 0 saturated carbocycles. The Morgan fingerprint density at radius 3 is 2.82 bits per heavy atom. The van der Waals surface area contributed by atoms with Crippen molar-refractivity contribution >= 4 is 44.5 Å². The lowest BCUT2D eigenvalue weighted by Crippen LogP contribution is -2.05. The Labute approximate surface area is 203 Å². The molecule has 0 saturated heterocycles. The number of rotatable bonds is 6. The summed E-state index contributed by atoms with van der Waals surface area (Å²) in [6, 6.07) is 14.6. The number of ether oxygens (including phenoxy) is 2. The van der Waals surface area contributed by atoms with Crippen LogP contribution < -0.4 is 9.47 Å². The third kappa shape index (κ3) is 3.80. The summed E-state index contributed by atoms with van der Waals surface area (Å²) in [6.45, 7) is 4.62. The van der Waals surface area contributed by atoms with Crippen LogP contribution in [0.4, 0.5) is 0 Å². The third-order valence-electron chi connectivity index (χ3n) is 5.42. The van der Waals surface area contributed by atoms with Crippen molar-refractivity contribution in [3.05, 3.63) is 58.9 Å². The monoisotopic (exact) mass is 492 g/mol. The zero-order valence-electron chi connectivity index (χ0n) is 18.0. The van der Waals surface area contributed by atoms with E-state index in [0.29, 0.717) is 0 Å². The molecule has 6 nitrogen and oxygen atoms in total. The smallest absolute Gasteiger partial charge is 0.231 e. The highest BCUT2D eigenvalue weighted by atomic mass is 32.2. The Morgan fingerprint density at radius 1 is 1.03 bits per heavy atom. The van der Waals surface area contributed by atoms with E-state index in [9.17, 15) is 0 Å². The van der Waals surface area contributed by atoms with Gasteiger partial charge in [0.25, 0.3) is 0 Å². The Hall–Kier alpha value is -2.88. The summed E-state index contributed by atoms with van der Waals surface area (Å²) in [6.07, 6.45) is 0. The van der Waals surface area contributed by atoms with Gasteiger partial charge in [0.2, 0.25) is 6.79 Å². The Kier molecular flexibility index (Phi) is 5.32. The summed E-state index contributed by atoms with van der Waals surface area (Å²) in [5.41, 5.74) is 3.21. The summed E-state index contributed by atoms with van der Waals surface area (Å²) in [5.74, 6) is 3.21. The Bertz CT molecular complexity index is 1450. The minimum atomic E-state index is 0.246. The molecule has 0 spiro atoms. The number of nitrogens with zero attached hydrogens (tertiary/aromatic N) is 4. The maximum absolute atomic E-state index is 5.50. The largest absolute Gasteiger partial charge is 0.454 e. The molecular weight excluding hydrogens is 472 g/mol. The van der Waals surface area contributed by atoms with Crippen LogP contribution in [0.2, 0.25) is 0 Å². The second-order valence-electron chi connectivity index (χ2n) is 7.92. The maximum atomic E-state index is 5.50. The van der Waals surface area contributed by atoms with Crippen LogP contribution in [0.1, 0.15) is 25.6 Å². The molecule has 4 heterocycles. The molecule has 0 aliphatic carbocycles. The van der Waals surface area contributed by atoms with Gasteiger partial charge in [-0.1, -0.05) is 30.0 Å². The lowest BCUT2D eigenvalue weighted by molar-refractivity contribution is 0.174. The van der Waals surface area contributed by atoms with E-state index in [1.54, 1.807) is 34.4 Å². The fraction of sp³-hybridized carbons (Fsp3) is 0.208. The summed E-state index contributed by atoms with van der Waals surface area (Å²) in [7, 11) is 0. The third-order valence-corrected chi connectivity index (χ3v) is 8.30. The van der Waals surface area contributed by atoms with Crippen LogP contribution in [-0.2, 0) is 5.75 Å². The minimum Gasteiger partial charge on any atom is -0.454 e. The average Bonchev–Trinajstić information content (AvgIpc) is 3.62. The molecule has 0 fully saturated rings. The summed E-state index contributed by atoms with van der Waals surface area (Å²) >= 11 is 5.05. The predicted octanol–water partition coefficient (Wildman–Crippen LogP) is 6.89. The van der Waals surface area contributed by atoms with E-state index in [-0.39, 0.29) is 12.8 Å². The van der Waals surface area contributed by atoms with E-state index in [4.69, 9.17) is 14.5 Å². The molecule has 0 radical (unpaired) electrons. The van der Waals surface area contributed by atoms with Gasteiger partial charge in [-0.2, -0.15) is 0 Å². The first-order valence-electron chi connectivity index (χ1n) is 10.6. The van der Waals surface area contributed by atoms with Gasteiger partial charge >= 0.3 is 0 Å². The van der Waals surface area contributed by atoms with E-state index in [0.717, 1.165) is 50.1 Å². The van der Waals surface area contributed by atoms with Crippen molar-refractivity contribution in [3.63, 3.8) is 0 Å². The van der Waals surface area contributed by atoms with Crippen molar-refractivity contribution < 1.29 is 9.47 Å². The highest BCUT2D eigenvalue weighted by Crippen LogP contribution is 2.38. The molecule has 33 heavy (non-hydrogen) atoms. The van der Waals surface area contributed by atoms with Crippen LogP contribution in [0.15, 0.2) is 58.4 Å². The molecule has 3 aromatic heterocycles. The van der Waals surface area contributed by atoms with Crippen LogP contribution in [0, 0.1) is 0 Å². The molecule has 0 unspecified atom stereocenters. The van der Waals surface area contributed by atoms with Gasteiger partial charge < -0.3 is 9.47 Å². The fourth-order valence-corrected chi connectivity index (χ4v) is 6.67. The van der Waals surface area contributed by atoms with Crippen molar-refractivity contribution in [2.24, 2.45) is 0 Å². The van der Waals surface area contributed by atoms with Crippen LogP contribution in [0.3, 0.4) is 0 Å². The van der Waals surface area contributed by atoms with E-state index in [1.165, 1.54) is 10.1 Å². The van der Waals surface area contributed by atoms with Crippen LogP contribution >= 0.6 is 34.4 Å². The van der Waals surface area contributed by atoms with Gasteiger partial charge in [-0.25, -0.2) is 4.98 Å². The molecule has 0 atom stereocenters. The van der Waals surface area contributed by atoms with E-state index in [1.807, 2.05) is 18.2 Å². The predicted molar refractivity (Wildman–Crippen MR) is 134 cm³/mol. The second-order valence-corrected chi connectivity index (χ2v) is 10.6. The van der Waals surface area contributed by atoms with Crippen molar-refractivity contribution in [2.45, 2.75) is 30.8 Å². The Balaban J connectivity index is 1.25. The van der Waals surface area contributed by atoms with Gasteiger partial charge in [0, 0.05) is 43.8 Å². The molecule has 1 aliphatic heterocycles. The number of thioether (sulfide) groups is 1. The molecule has 0 N–H and O–H groups in total. The lowest BCUT2D eigenvalue weighted by atomic mass is 10.1. The van der Waals surface area contributed by atoms with E-state index < -0.39 is 0 Å². The fourth-order valence-electron chi connectivity index (χ4n) is 3.85. The normalized spacial score (nSPS) is 12.8. The molecule has 166 valence electrons. The van der Waals surface area contributed by atoms with Crippen molar-refractivity contribution in [3.8, 4) is 33.5 Å². The number of thiophene rings is 1. The van der Waals surface area contributed by atoms with Gasteiger partial charge in [0.1, 0.15) is 5.01 Å². The van der Waals surface area contributed by atoms with E-state index >= 15 is 0 Å². The molecular formula is C24H20N4O2S3. The highest BCUT2D eigenvalue weighted by Gasteiger charge is 2.20. The number of hydrogen-bond donors (Lipinski definition) is 0. The number of fused-ring (bicyclic) bond motifs is 2. The standard InChI is InChI=1S/C24H20N4O2S3/c1-14(2)28-22(18-12-31-21-6-4-3-5-17(18)21)26-27-24(28)33-11-16-10-32-23(25-16)15-7-8-19-20(9-15)30-13-29-19/h3-10,12,14H,11,13H2,1-2H3. The number of thiazole rings is 1. The minimum absolute atomic E-state index is 0.246. The zero-order valence-corrected chi connectivity index (χ0v) is 20.5. The van der Waals surface area contributed by atoms with Gasteiger partial charge in [0.15, 0.2) is 22.5 Å². The van der Waals surface area contributed by atoms with Gasteiger partial charge in [-0.3, -0.25) is 4.57 Å². The molecule has 0 bridgehead atoms.